The van der Waals surface area contributed by atoms with Crippen LogP contribution in [0.1, 0.15) is 56.9 Å². The van der Waals surface area contributed by atoms with E-state index >= 15 is 0 Å². The number of benzene rings is 1. The molecule has 0 aromatic heterocycles. The van der Waals surface area contributed by atoms with Gasteiger partial charge in [0.25, 0.3) is 5.91 Å². The van der Waals surface area contributed by atoms with Crippen molar-refractivity contribution in [1.82, 2.24) is 4.90 Å². The highest BCUT2D eigenvalue weighted by Gasteiger charge is 2.47. The Hall–Kier alpha value is -2.06. The minimum absolute atomic E-state index is 0.327. The lowest BCUT2D eigenvalue weighted by molar-refractivity contribution is -0.161. The molecule has 0 atom stereocenters. The fraction of sp³-hybridized carbons (Fsp3) is 0.571. The molecule has 0 heterocycles. The van der Waals surface area contributed by atoms with Gasteiger partial charge in [-0.1, -0.05) is 49.4 Å². The number of rotatable bonds is 5. The van der Waals surface area contributed by atoms with Crippen molar-refractivity contribution < 1.29 is 14.3 Å². The lowest BCUT2D eigenvalue weighted by Gasteiger charge is -2.41. The second-order valence-corrected chi connectivity index (χ2v) is 8.12. The van der Waals surface area contributed by atoms with Crippen LogP contribution in [0.25, 0.3) is 0 Å². The molecular weight excluding hydrogens is 364 g/mol. The average Bonchev–Trinajstić information content (AvgIpc) is 2.65. The lowest BCUT2D eigenvalue weighted by atomic mass is 9.64. The maximum absolute atomic E-state index is 12.8. The van der Waals surface area contributed by atoms with Crippen LogP contribution in [-0.2, 0) is 19.7 Å². The normalized spacial score (nSPS) is 20.0. The molecule has 3 rings (SSSR count). The van der Waals surface area contributed by atoms with E-state index < -0.39 is 11.0 Å². The van der Waals surface area contributed by atoms with Gasteiger partial charge in [-0.25, -0.2) is 0 Å². The van der Waals surface area contributed by atoms with Crippen molar-refractivity contribution in [3.8, 4) is 6.07 Å². The monoisotopic (exact) mass is 388 g/mol. The van der Waals surface area contributed by atoms with Gasteiger partial charge < -0.3 is 9.64 Å². The summed E-state index contributed by atoms with van der Waals surface area (Å²) in [7, 11) is 1.64. The van der Waals surface area contributed by atoms with Gasteiger partial charge in [-0.3, -0.25) is 9.59 Å². The molecule has 2 saturated carbocycles. The van der Waals surface area contributed by atoms with E-state index in [1.54, 1.807) is 19.2 Å². The number of carbonyl (C=O) groups is 2. The molecule has 0 spiro atoms. The molecule has 0 N–H and O–H groups in total. The Balaban J connectivity index is 1.66. The van der Waals surface area contributed by atoms with Crippen molar-refractivity contribution in [1.29, 1.82) is 5.26 Å². The number of hydrogen-bond acceptors (Lipinski definition) is 4. The summed E-state index contributed by atoms with van der Waals surface area (Å²) < 4.78 is 5.42. The van der Waals surface area contributed by atoms with Gasteiger partial charge in [-0.15, -0.1) is 0 Å². The maximum Gasteiger partial charge on any atom is 0.317 e. The number of esters is 1. The van der Waals surface area contributed by atoms with Gasteiger partial charge in [-0.05, 0) is 43.4 Å². The third-order valence-corrected chi connectivity index (χ3v) is 6.44. The third-order valence-electron chi connectivity index (χ3n) is 6.21. The van der Waals surface area contributed by atoms with Crippen LogP contribution in [0.3, 0.4) is 0 Å². The first-order valence-corrected chi connectivity index (χ1v) is 9.93. The van der Waals surface area contributed by atoms with E-state index in [2.05, 4.69) is 6.07 Å². The zero-order valence-corrected chi connectivity index (χ0v) is 16.4. The summed E-state index contributed by atoms with van der Waals surface area (Å²) in [5, 5.41) is 10.2. The van der Waals surface area contributed by atoms with Crippen molar-refractivity contribution in [3.05, 3.63) is 34.9 Å². The predicted octanol–water partition coefficient (Wildman–Crippen LogP) is 3.99. The lowest BCUT2D eigenvalue weighted by Crippen LogP contribution is -2.52. The number of nitriles is 1. The molecule has 1 aromatic carbocycles. The SMILES string of the molecule is CN(C(=O)COC(=O)C1(c2cccc(Cl)c2)CCC1)C1(C#N)CCCCC1. The number of likely N-dealkylation sites (N-methyl/N-ethyl adjacent to an activating group) is 1. The fourth-order valence-corrected chi connectivity index (χ4v) is 4.38. The maximum atomic E-state index is 12.8. The summed E-state index contributed by atoms with van der Waals surface area (Å²) in [5.41, 5.74) is -0.641. The zero-order valence-electron chi connectivity index (χ0n) is 15.7. The summed E-state index contributed by atoms with van der Waals surface area (Å²) in [4.78, 5) is 26.9. The van der Waals surface area contributed by atoms with Crippen LogP contribution in [0, 0.1) is 11.3 Å². The highest BCUT2D eigenvalue weighted by Crippen LogP contribution is 2.45. The summed E-state index contributed by atoms with van der Waals surface area (Å²) in [5.74, 6) is -0.709. The molecule has 1 aromatic rings. The minimum Gasteiger partial charge on any atom is -0.455 e. The molecule has 144 valence electrons. The fourth-order valence-electron chi connectivity index (χ4n) is 4.19. The molecular formula is C21H25ClN2O3. The molecule has 6 heteroatoms. The van der Waals surface area contributed by atoms with Crippen LogP contribution >= 0.6 is 11.6 Å². The number of ether oxygens (including phenoxy) is 1. The Morgan fingerprint density at radius 1 is 1.19 bits per heavy atom. The Morgan fingerprint density at radius 3 is 2.44 bits per heavy atom. The molecule has 0 aliphatic heterocycles. The van der Waals surface area contributed by atoms with E-state index in [1.165, 1.54) is 4.90 Å². The number of hydrogen-bond donors (Lipinski definition) is 0. The molecule has 0 bridgehead atoms. The summed E-state index contributed by atoms with van der Waals surface area (Å²) in [6.07, 6.45) is 6.62. The van der Waals surface area contributed by atoms with E-state index in [9.17, 15) is 14.9 Å². The van der Waals surface area contributed by atoms with Gasteiger partial charge in [0.05, 0.1) is 11.5 Å². The van der Waals surface area contributed by atoms with Crippen LogP contribution in [0.5, 0.6) is 0 Å². The van der Waals surface area contributed by atoms with Gasteiger partial charge in [0.2, 0.25) is 0 Å². The first-order chi connectivity index (χ1) is 12.9. The Labute approximate surface area is 165 Å². The van der Waals surface area contributed by atoms with Crippen LogP contribution in [0.15, 0.2) is 24.3 Å². The highest BCUT2D eigenvalue weighted by molar-refractivity contribution is 6.30. The molecule has 1 amide bonds. The molecule has 27 heavy (non-hydrogen) atoms. The topological polar surface area (TPSA) is 70.4 Å². The number of halogens is 1. The van der Waals surface area contributed by atoms with Gasteiger partial charge in [-0.2, -0.15) is 5.26 Å². The largest absolute Gasteiger partial charge is 0.455 e. The van der Waals surface area contributed by atoms with E-state index in [0.717, 1.165) is 31.2 Å². The van der Waals surface area contributed by atoms with E-state index in [-0.39, 0.29) is 18.5 Å². The molecule has 0 radical (unpaired) electrons. The van der Waals surface area contributed by atoms with E-state index in [4.69, 9.17) is 16.3 Å². The van der Waals surface area contributed by atoms with Gasteiger partial charge in [0.15, 0.2) is 6.61 Å². The van der Waals surface area contributed by atoms with Gasteiger partial charge in [0, 0.05) is 12.1 Å². The van der Waals surface area contributed by atoms with Crippen molar-refractivity contribution in [2.45, 2.75) is 62.3 Å². The second-order valence-electron chi connectivity index (χ2n) is 7.68. The van der Waals surface area contributed by atoms with Crippen molar-refractivity contribution in [3.63, 3.8) is 0 Å². The van der Waals surface area contributed by atoms with Crippen molar-refractivity contribution in [2.75, 3.05) is 13.7 Å². The number of nitrogens with zero attached hydrogens (tertiary/aromatic N) is 2. The summed E-state index contributed by atoms with van der Waals surface area (Å²) >= 11 is 6.08. The third kappa shape index (κ3) is 3.68. The molecule has 0 saturated heterocycles. The molecule has 2 aliphatic carbocycles. The van der Waals surface area contributed by atoms with Crippen LogP contribution in [0.2, 0.25) is 5.02 Å². The van der Waals surface area contributed by atoms with Crippen molar-refractivity contribution in [2.24, 2.45) is 0 Å². The molecule has 0 unspecified atom stereocenters. The van der Waals surface area contributed by atoms with Gasteiger partial charge in [0.1, 0.15) is 5.54 Å². The molecule has 2 aliphatic rings. The number of carbonyl (C=O) groups excluding carboxylic acids is 2. The van der Waals surface area contributed by atoms with Crippen molar-refractivity contribution >= 4 is 23.5 Å². The van der Waals surface area contributed by atoms with Crippen LogP contribution in [-0.4, -0.2) is 36.0 Å². The Kier molecular flexibility index (Phi) is 5.76. The smallest absolute Gasteiger partial charge is 0.317 e. The van der Waals surface area contributed by atoms with E-state index in [1.807, 2.05) is 12.1 Å². The molecule has 2 fully saturated rings. The summed E-state index contributed by atoms with van der Waals surface area (Å²) in [6, 6.07) is 9.59. The minimum atomic E-state index is -0.775. The first kappa shape index (κ1) is 19.7. The highest BCUT2D eigenvalue weighted by atomic mass is 35.5. The van der Waals surface area contributed by atoms with Crippen LogP contribution in [0.4, 0.5) is 0 Å². The predicted molar refractivity (Wildman–Crippen MR) is 102 cm³/mol. The quantitative estimate of drug-likeness (QED) is 0.715. The van der Waals surface area contributed by atoms with Gasteiger partial charge >= 0.3 is 5.97 Å². The first-order valence-electron chi connectivity index (χ1n) is 9.55. The summed E-state index contributed by atoms with van der Waals surface area (Å²) in [6.45, 7) is -0.332. The van der Waals surface area contributed by atoms with Crippen LogP contribution < -0.4 is 0 Å². The average molecular weight is 389 g/mol. The zero-order chi connectivity index (χ0) is 19.5. The second kappa shape index (κ2) is 7.90. The molecule has 5 nitrogen and oxygen atoms in total. The number of amides is 1. The standard InChI is InChI=1S/C21H25ClN2O3/c1-24(20(15-23)9-3-2-4-10-20)18(25)14-27-19(26)21(11-6-12-21)16-7-5-8-17(22)13-16/h5,7-8,13H,2-4,6,9-12,14H2,1H3. The van der Waals surface area contributed by atoms with E-state index in [0.29, 0.717) is 30.7 Å². The Morgan fingerprint density at radius 2 is 1.89 bits per heavy atom. The Bertz CT molecular complexity index is 761.